The molecule has 0 aliphatic heterocycles. The highest BCUT2D eigenvalue weighted by molar-refractivity contribution is 6.65. The summed E-state index contributed by atoms with van der Waals surface area (Å²) in [4.78, 5) is 10.8. The summed E-state index contributed by atoms with van der Waals surface area (Å²) in [6.07, 6.45) is 0. The number of nitrogens with one attached hydrogen (secondary N) is 1. The van der Waals surface area contributed by atoms with E-state index in [1.807, 2.05) is 0 Å². The number of amides is 1. The van der Waals surface area contributed by atoms with Crippen molar-refractivity contribution in [3.8, 4) is 17.2 Å². The fourth-order valence-electron chi connectivity index (χ4n) is 1.23. The van der Waals surface area contributed by atoms with Gasteiger partial charge in [0.2, 0.25) is 0 Å². The summed E-state index contributed by atoms with van der Waals surface area (Å²) in [6, 6.07) is 3.17. The Morgan fingerprint density at radius 1 is 1.06 bits per heavy atom. The monoisotopic (exact) mass is 245 g/mol. The average molecular weight is 246 g/mol. The van der Waals surface area contributed by atoms with Crippen LogP contribution in [0.15, 0.2) is 12.1 Å². The maximum atomic E-state index is 10.8. The van der Waals surface area contributed by atoms with E-state index in [4.69, 9.17) is 25.8 Å². The van der Waals surface area contributed by atoms with Gasteiger partial charge < -0.3 is 19.5 Å². The van der Waals surface area contributed by atoms with Crippen molar-refractivity contribution in [2.45, 2.75) is 0 Å². The Morgan fingerprint density at radius 3 is 2.00 bits per heavy atom. The van der Waals surface area contributed by atoms with Crippen molar-refractivity contribution in [2.24, 2.45) is 0 Å². The van der Waals surface area contributed by atoms with Crippen LogP contribution in [0.4, 0.5) is 10.5 Å². The van der Waals surface area contributed by atoms with Crippen molar-refractivity contribution in [1.29, 1.82) is 0 Å². The van der Waals surface area contributed by atoms with Crippen molar-refractivity contribution >= 4 is 22.7 Å². The second-order valence-corrected chi connectivity index (χ2v) is 3.15. The van der Waals surface area contributed by atoms with Gasteiger partial charge in [-0.25, -0.2) is 0 Å². The van der Waals surface area contributed by atoms with Gasteiger partial charge in [0.15, 0.2) is 11.5 Å². The predicted molar refractivity (Wildman–Crippen MR) is 61.0 cm³/mol. The molecule has 0 aromatic heterocycles. The van der Waals surface area contributed by atoms with E-state index in [1.165, 1.54) is 21.3 Å². The fraction of sp³-hybridized carbons (Fsp3) is 0.300. The summed E-state index contributed by atoms with van der Waals surface area (Å²) >= 11 is 5.23. The fourth-order valence-corrected chi connectivity index (χ4v) is 1.33. The molecule has 1 rings (SSSR count). The second-order valence-electron chi connectivity index (χ2n) is 2.81. The first-order valence-corrected chi connectivity index (χ1v) is 4.76. The molecule has 0 unspecified atom stereocenters. The molecule has 0 spiro atoms. The summed E-state index contributed by atoms with van der Waals surface area (Å²) in [5.41, 5.74) is 0.417. The zero-order valence-electron chi connectivity index (χ0n) is 9.17. The van der Waals surface area contributed by atoms with Gasteiger partial charge in [0.25, 0.3) is 0 Å². The largest absolute Gasteiger partial charge is 0.494 e. The Labute approximate surface area is 98.2 Å². The van der Waals surface area contributed by atoms with E-state index in [9.17, 15) is 4.79 Å². The number of carbonyl (C=O) groups is 1. The summed E-state index contributed by atoms with van der Waals surface area (Å²) in [5.74, 6) is 1.42. The first kappa shape index (κ1) is 12.4. The van der Waals surface area contributed by atoms with Gasteiger partial charge in [0.1, 0.15) is 5.75 Å². The zero-order chi connectivity index (χ0) is 12.1. The minimum absolute atomic E-state index is 0.417. The van der Waals surface area contributed by atoms with Crippen LogP contribution in [-0.4, -0.2) is 26.7 Å². The third-order valence-electron chi connectivity index (χ3n) is 1.94. The van der Waals surface area contributed by atoms with Crippen LogP contribution in [0.25, 0.3) is 0 Å². The van der Waals surface area contributed by atoms with Gasteiger partial charge in [0, 0.05) is 12.1 Å². The van der Waals surface area contributed by atoms with Gasteiger partial charge in [-0.15, -0.1) is 0 Å². The Morgan fingerprint density at radius 2 is 1.56 bits per heavy atom. The third-order valence-corrected chi connectivity index (χ3v) is 2.03. The van der Waals surface area contributed by atoms with Gasteiger partial charge in [-0.2, -0.15) is 0 Å². The lowest BCUT2D eigenvalue weighted by Gasteiger charge is -2.13. The minimum atomic E-state index is -0.703. The molecule has 0 atom stereocenters. The Kier molecular flexibility index (Phi) is 4.25. The number of carbonyl (C=O) groups excluding carboxylic acids is 1. The summed E-state index contributed by atoms with van der Waals surface area (Å²) in [7, 11) is 4.48. The maximum Gasteiger partial charge on any atom is 0.318 e. The quantitative estimate of drug-likeness (QED) is 0.654. The lowest BCUT2D eigenvalue weighted by molar-refractivity contribution is 0.268. The van der Waals surface area contributed by atoms with Crippen molar-refractivity contribution in [3.05, 3.63) is 12.1 Å². The SMILES string of the molecule is COc1cc(OC)c(OC)cc1NC(=O)Cl. The molecule has 0 heterocycles. The number of ether oxygens (including phenoxy) is 3. The molecule has 5 nitrogen and oxygen atoms in total. The number of hydrogen-bond donors (Lipinski definition) is 1. The van der Waals surface area contributed by atoms with Gasteiger partial charge in [-0.3, -0.25) is 4.79 Å². The van der Waals surface area contributed by atoms with E-state index in [2.05, 4.69) is 5.32 Å². The molecule has 0 saturated heterocycles. The summed E-state index contributed by atoms with van der Waals surface area (Å²) in [6.45, 7) is 0. The van der Waals surface area contributed by atoms with Gasteiger partial charge >= 0.3 is 5.37 Å². The summed E-state index contributed by atoms with van der Waals surface area (Å²) in [5, 5.41) is 1.71. The number of benzene rings is 1. The molecule has 1 aromatic carbocycles. The molecule has 0 radical (unpaired) electrons. The molecule has 0 fully saturated rings. The Hall–Kier alpha value is -1.62. The molecule has 1 amide bonds. The normalized spacial score (nSPS) is 9.50. The lowest BCUT2D eigenvalue weighted by atomic mass is 10.2. The Balaban J connectivity index is 3.20. The molecule has 88 valence electrons. The highest BCUT2D eigenvalue weighted by atomic mass is 35.5. The lowest BCUT2D eigenvalue weighted by Crippen LogP contribution is -2.04. The first-order chi connectivity index (χ1) is 7.62. The minimum Gasteiger partial charge on any atom is -0.494 e. The van der Waals surface area contributed by atoms with Crippen LogP contribution in [0.2, 0.25) is 0 Å². The van der Waals surface area contributed by atoms with Crippen LogP contribution in [0.3, 0.4) is 0 Å². The third kappa shape index (κ3) is 2.70. The second kappa shape index (κ2) is 5.46. The number of rotatable bonds is 4. The Bertz CT molecular complexity index is 395. The first-order valence-electron chi connectivity index (χ1n) is 4.38. The molecular formula is C10H12ClNO4. The molecule has 0 aliphatic carbocycles. The summed E-state index contributed by atoms with van der Waals surface area (Å²) < 4.78 is 15.3. The molecular weight excluding hydrogens is 234 g/mol. The molecule has 1 N–H and O–H groups in total. The van der Waals surface area contributed by atoms with E-state index in [1.54, 1.807) is 12.1 Å². The smallest absolute Gasteiger partial charge is 0.318 e. The number of hydrogen-bond acceptors (Lipinski definition) is 4. The molecule has 16 heavy (non-hydrogen) atoms. The number of halogens is 1. The molecule has 0 aliphatic rings. The van der Waals surface area contributed by atoms with Crippen LogP contribution >= 0.6 is 11.6 Å². The van der Waals surface area contributed by atoms with Crippen LogP contribution in [0.1, 0.15) is 0 Å². The van der Waals surface area contributed by atoms with Crippen molar-refractivity contribution in [1.82, 2.24) is 0 Å². The average Bonchev–Trinajstić information content (AvgIpc) is 2.27. The van der Waals surface area contributed by atoms with Gasteiger partial charge in [-0.05, 0) is 11.6 Å². The highest BCUT2D eigenvalue weighted by Gasteiger charge is 2.12. The van der Waals surface area contributed by atoms with Gasteiger partial charge in [-0.1, -0.05) is 0 Å². The molecule has 1 aromatic rings. The van der Waals surface area contributed by atoms with E-state index >= 15 is 0 Å². The molecule has 0 bridgehead atoms. The topological polar surface area (TPSA) is 56.8 Å². The van der Waals surface area contributed by atoms with Crippen LogP contribution < -0.4 is 19.5 Å². The van der Waals surface area contributed by atoms with Crippen LogP contribution in [-0.2, 0) is 0 Å². The highest BCUT2D eigenvalue weighted by Crippen LogP contribution is 2.37. The van der Waals surface area contributed by atoms with Crippen LogP contribution in [0.5, 0.6) is 17.2 Å². The molecule has 0 saturated carbocycles. The van der Waals surface area contributed by atoms with Crippen molar-refractivity contribution in [2.75, 3.05) is 26.6 Å². The van der Waals surface area contributed by atoms with Gasteiger partial charge in [0.05, 0.1) is 27.0 Å². The van der Waals surface area contributed by atoms with E-state index in [0.717, 1.165) is 0 Å². The van der Waals surface area contributed by atoms with E-state index < -0.39 is 5.37 Å². The predicted octanol–water partition coefficient (Wildman–Crippen LogP) is 2.48. The standard InChI is InChI=1S/C10H12ClNO4/c1-14-7-5-9(16-3)8(15-2)4-6(7)12-10(11)13/h4-5H,1-3H3,(H,12,13). The number of anilines is 1. The zero-order valence-corrected chi connectivity index (χ0v) is 9.92. The van der Waals surface area contributed by atoms with Crippen molar-refractivity contribution < 1.29 is 19.0 Å². The number of methoxy groups -OCH3 is 3. The maximum absolute atomic E-state index is 10.8. The van der Waals surface area contributed by atoms with Crippen LogP contribution in [0, 0.1) is 0 Å². The molecule has 6 heteroatoms. The van der Waals surface area contributed by atoms with E-state index in [-0.39, 0.29) is 0 Å². The van der Waals surface area contributed by atoms with E-state index in [0.29, 0.717) is 22.9 Å². The van der Waals surface area contributed by atoms with Crippen molar-refractivity contribution in [3.63, 3.8) is 0 Å².